The van der Waals surface area contributed by atoms with Crippen LogP contribution in [0.5, 0.6) is 17.2 Å². The normalized spacial score (nSPS) is 17.9. The number of fused-ring (bicyclic) bond motifs is 2. The van der Waals surface area contributed by atoms with Crippen molar-refractivity contribution in [2.24, 2.45) is 5.92 Å². The van der Waals surface area contributed by atoms with Gasteiger partial charge in [0, 0.05) is 19.6 Å². The zero-order chi connectivity index (χ0) is 20.5. The van der Waals surface area contributed by atoms with E-state index in [0.29, 0.717) is 13.1 Å². The van der Waals surface area contributed by atoms with E-state index in [2.05, 4.69) is 10.2 Å². The van der Waals surface area contributed by atoms with Crippen LogP contribution in [0, 0.1) is 5.92 Å². The largest absolute Gasteiger partial charge is 0.497 e. The van der Waals surface area contributed by atoms with E-state index in [0.717, 1.165) is 57.5 Å². The number of hydrogen-bond acceptors (Lipinski definition) is 7. The smallest absolute Gasteiger partial charge is 0.231 e. The Labute approximate surface area is 178 Å². The van der Waals surface area contributed by atoms with E-state index in [4.69, 9.17) is 19.2 Å². The summed E-state index contributed by atoms with van der Waals surface area (Å²) >= 11 is 1.65. The van der Waals surface area contributed by atoms with Crippen LogP contribution in [0.15, 0.2) is 36.4 Å². The Morgan fingerprint density at radius 3 is 3.07 bits per heavy atom. The molecule has 3 heterocycles. The van der Waals surface area contributed by atoms with Gasteiger partial charge in [0.2, 0.25) is 12.7 Å². The van der Waals surface area contributed by atoms with Crippen LogP contribution in [0.3, 0.4) is 0 Å². The lowest BCUT2D eigenvalue weighted by atomic mass is 9.97. The fraction of sp³-hybridized carbons (Fsp3) is 0.364. The summed E-state index contributed by atoms with van der Waals surface area (Å²) in [5.41, 5.74) is 1.96. The van der Waals surface area contributed by atoms with Crippen molar-refractivity contribution in [3.63, 3.8) is 0 Å². The first kappa shape index (κ1) is 19.0. The molecule has 3 aromatic rings. The van der Waals surface area contributed by atoms with Crippen molar-refractivity contribution in [3.05, 3.63) is 42.0 Å². The van der Waals surface area contributed by atoms with Crippen molar-refractivity contribution < 1.29 is 19.0 Å². The van der Waals surface area contributed by atoms with Gasteiger partial charge in [0.1, 0.15) is 5.75 Å². The third-order valence-corrected chi connectivity index (χ3v) is 6.63. The molecule has 5 rings (SSSR count). The van der Waals surface area contributed by atoms with Gasteiger partial charge in [-0.15, -0.1) is 0 Å². The number of amides is 1. The number of nitrogens with one attached hydrogen (secondary N) is 1. The maximum Gasteiger partial charge on any atom is 0.231 e. The Bertz CT molecular complexity index is 1080. The van der Waals surface area contributed by atoms with E-state index in [-0.39, 0.29) is 18.6 Å². The summed E-state index contributed by atoms with van der Waals surface area (Å²) in [6.45, 7) is 2.33. The zero-order valence-corrected chi connectivity index (χ0v) is 17.5. The molecule has 0 unspecified atom stereocenters. The number of hydrogen-bond donors (Lipinski definition) is 1. The average molecular weight is 426 g/mol. The van der Waals surface area contributed by atoms with Gasteiger partial charge in [-0.3, -0.25) is 4.79 Å². The molecule has 156 valence electrons. The molecule has 0 aliphatic carbocycles. The third-order valence-electron chi connectivity index (χ3n) is 5.55. The Hall–Kier alpha value is -3.00. The minimum absolute atomic E-state index is 0.0469. The van der Waals surface area contributed by atoms with Crippen molar-refractivity contribution in [1.82, 2.24) is 10.3 Å². The molecule has 0 saturated carbocycles. The van der Waals surface area contributed by atoms with E-state index in [1.54, 1.807) is 18.4 Å². The van der Waals surface area contributed by atoms with Gasteiger partial charge < -0.3 is 24.4 Å². The molecule has 1 fully saturated rings. The Morgan fingerprint density at radius 1 is 1.27 bits per heavy atom. The van der Waals surface area contributed by atoms with E-state index in [1.807, 2.05) is 36.4 Å². The van der Waals surface area contributed by atoms with E-state index in [1.165, 1.54) is 0 Å². The second kappa shape index (κ2) is 8.02. The number of nitrogens with zero attached hydrogens (tertiary/aromatic N) is 2. The Kier molecular flexibility index (Phi) is 5.08. The van der Waals surface area contributed by atoms with Gasteiger partial charge in [-0.05, 0) is 48.7 Å². The highest BCUT2D eigenvalue weighted by Crippen LogP contribution is 2.34. The molecule has 0 bridgehead atoms. The third kappa shape index (κ3) is 3.75. The fourth-order valence-corrected chi connectivity index (χ4v) is 4.93. The minimum atomic E-state index is -0.0469. The molecule has 30 heavy (non-hydrogen) atoms. The van der Waals surface area contributed by atoms with Crippen LogP contribution in [-0.4, -0.2) is 37.9 Å². The molecule has 8 heteroatoms. The van der Waals surface area contributed by atoms with Crippen LogP contribution >= 0.6 is 11.3 Å². The van der Waals surface area contributed by atoms with Crippen molar-refractivity contribution in [2.75, 3.05) is 31.9 Å². The van der Waals surface area contributed by atoms with Crippen LogP contribution in [0.1, 0.15) is 18.4 Å². The van der Waals surface area contributed by atoms with Crippen molar-refractivity contribution in [2.45, 2.75) is 19.4 Å². The lowest BCUT2D eigenvalue weighted by Crippen LogP contribution is -2.42. The standard InChI is InChI=1S/C22H23N3O4S/c1-27-16-5-6-17-20(10-16)30-22(24-17)25-8-2-3-15(12-25)21(26)23-11-14-4-7-18-19(9-14)29-13-28-18/h4-7,9-10,15H,2-3,8,11-13H2,1H3,(H,23,26)/t15-/m0/s1. The predicted octanol–water partition coefficient (Wildman–Crippen LogP) is 3.57. The number of aromatic nitrogens is 1. The summed E-state index contributed by atoms with van der Waals surface area (Å²) in [5.74, 6) is 2.35. The van der Waals surface area contributed by atoms with E-state index < -0.39 is 0 Å². The lowest BCUT2D eigenvalue weighted by Gasteiger charge is -2.31. The van der Waals surface area contributed by atoms with Gasteiger partial charge in [-0.25, -0.2) is 4.98 Å². The molecule has 7 nitrogen and oxygen atoms in total. The first-order valence-corrected chi connectivity index (χ1v) is 10.9. The molecular formula is C22H23N3O4S. The molecule has 0 radical (unpaired) electrons. The summed E-state index contributed by atoms with van der Waals surface area (Å²) in [7, 11) is 1.67. The lowest BCUT2D eigenvalue weighted by molar-refractivity contribution is -0.125. The van der Waals surface area contributed by atoms with Gasteiger partial charge in [0.15, 0.2) is 16.6 Å². The highest BCUT2D eigenvalue weighted by molar-refractivity contribution is 7.22. The zero-order valence-electron chi connectivity index (χ0n) is 16.7. The highest BCUT2D eigenvalue weighted by atomic mass is 32.1. The molecular weight excluding hydrogens is 402 g/mol. The summed E-state index contributed by atoms with van der Waals surface area (Å²) < 4.78 is 17.2. The second-order valence-corrected chi connectivity index (χ2v) is 8.53. The second-order valence-electron chi connectivity index (χ2n) is 7.52. The van der Waals surface area contributed by atoms with Gasteiger partial charge in [-0.1, -0.05) is 17.4 Å². The molecule has 2 aliphatic rings. The maximum atomic E-state index is 12.8. The summed E-state index contributed by atoms with van der Waals surface area (Å²) in [6, 6.07) is 11.7. The predicted molar refractivity (Wildman–Crippen MR) is 116 cm³/mol. The number of methoxy groups -OCH3 is 1. The Balaban J connectivity index is 1.23. The molecule has 1 amide bonds. The number of benzene rings is 2. The molecule has 1 N–H and O–H groups in total. The van der Waals surface area contributed by atoms with E-state index in [9.17, 15) is 4.79 Å². The number of anilines is 1. The average Bonchev–Trinajstić information content (AvgIpc) is 3.43. The number of carbonyl (C=O) groups excluding carboxylic acids is 1. The maximum absolute atomic E-state index is 12.8. The number of carbonyl (C=O) groups is 1. The van der Waals surface area contributed by atoms with Crippen LogP contribution in [0.25, 0.3) is 10.2 Å². The van der Waals surface area contributed by atoms with Crippen molar-refractivity contribution in [3.8, 4) is 17.2 Å². The van der Waals surface area contributed by atoms with Crippen LogP contribution in [0.2, 0.25) is 0 Å². The molecule has 1 atom stereocenters. The number of ether oxygens (including phenoxy) is 3. The van der Waals surface area contributed by atoms with E-state index >= 15 is 0 Å². The quantitative estimate of drug-likeness (QED) is 0.674. The SMILES string of the molecule is COc1ccc2nc(N3CCC[C@H](C(=O)NCc4ccc5c(c4)OCO5)C3)sc2c1. The molecule has 0 spiro atoms. The number of thiazole rings is 1. The minimum Gasteiger partial charge on any atom is -0.497 e. The van der Waals surface area contributed by atoms with Gasteiger partial charge >= 0.3 is 0 Å². The van der Waals surface area contributed by atoms with Gasteiger partial charge in [-0.2, -0.15) is 0 Å². The van der Waals surface area contributed by atoms with Crippen molar-refractivity contribution in [1.29, 1.82) is 0 Å². The topological polar surface area (TPSA) is 72.9 Å². The number of rotatable bonds is 5. The molecule has 1 saturated heterocycles. The van der Waals surface area contributed by atoms with Crippen LogP contribution in [0.4, 0.5) is 5.13 Å². The number of piperidine rings is 1. The Morgan fingerprint density at radius 2 is 2.17 bits per heavy atom. The fourth-order valence-electron chi connectivity index (χ4n) is 3.90. The van der Waals surface area contributed by atoms with Crippen LogP contribution in [-0.2, 0) is 11.3 Å². The molecule has 1 aromatic heterocycles. The summed E-state index contributed by atoms with van der Waals surface area (Å²) in [6.07, 6.45) is 1.86. The molecule has 2 aliphatic heterocycles. The summed E-state index contributed by atoms with van der Waals surface area (Å²) in [5, 5.41) is 4.04. The van der Waals surface area contributed by atoms with Crippen molar-refractivity contribution >= 4 is 32.6 Å². The summed E-state index contributed by atoms with van der Waals surface area (Å²) in [4.78, 5) is 19.8. The van der Waals surface area contributed by atoms with Crippen LogP contribution < -0.4 is 24.4 Å². The first-order valence-electron chi connectivity index (χ1n) is 10.1. The first-order chi connectivity index (χ1) is 14.7. The monoisotopic (exact) mass is 425 g/mol. The van der Waals surface area contributed by atoms with Gasteiger partial charge in [0.25, 0.3) is 0 Å². The molecule has 2 aromatic carbocycles. The van der Waals surface area contributed by atoms with Gasteiger partial charge in [0.05, 0.1) is 23.2 Å². The highest BCUT2D eigenvalue weighted by Gasteiger charge is 2.27.